The van der Waals surface area contributed by atoms with Gasteiger partial charge in [-0.25, -0.2) is 0 Å². The summed E-state index contributed by atoms with van der Waals surface area (Å²) in [6.07, 6.45) is 5.46. The maximum atomic E-state index is 12.5. The molecule has 1 amide bonds. The lowest BCUT2D eigenvalue weighted by Crippen LogP contribution is -2.16. The third-order valence-corrected chi connectivity index (χ3v) is 5.28. The van der Waals surface area contributed by atoms with E-state index in [1.165, 1.54) is 11.3 Å². The molecule has 0 bridgehead atoms. The van der Waals surface area contributed by atoms with Crippen molar-refractivity contribution in [2.45, 2.75) is 13.5 Å². The van der Waals surface area contributed by atoms with Crippen LogP contribution in [0.1, 0.15) is 15.9 Å². The molecule has 0 atom stereocenters. The van der Waals surface area contributed by atoms with E-state index in [-0.39, 0.29) is 12.5 Å². The molecule has 3 rings (SSSR count). The van der Waals surface area contributed by atoms with Crippen LogP contribution in [0.2, 0.25) is 10.0 Å². The van der Waals surface area contributed by atoms with E-state index in [2.05, 4.69) is 10.9 Å². The molecule has 24 heavy (non-hydrogen) atoms. The summed E-state index contributed by atoms with van der Waals surface area (Å²) in [7, 11) is 0. The molecule has 1 aromatic heterocycles. The molecule has 3 aromatic rings. The zero-order chi connectivity index (χ0) is 17.3. The lowest BCUT2D eigenvalue weighted by Gasteiger charge is -2.03. The third kappa shape index (κ3) is 3.11. The van der Waals surface area contributed by atoms with E-state index in [1.54, 1.807) is 22.8 Å². The Morgan fingerprint density at radius 2 is 2.12 bits per heavy atom. The summed E-state index contributed by atoms with van der Waals surface area (Å²) in [5.74, 6) is 2.25. The molecule has 0 fully saturated rings. The normalized spacial score (nSPS) is 11.7. The van der Waals surface area contributed by atoms with Gasteiger partial charge < -0.3 is 4.57 Å². The molecule has 120 valence electrons. The standard InChI is InChI=1S/C18H12Cl2N2OS/c1-3-9-22-16-14(8-7-13(19)15(16)20)24-18(22)21-17(23)12-6-4-5-11(2)10-12/h1,4-8,10H,9H2,2H3. The Kier molecular flexibility index (Phi) is 4.77. The quantitative estimate of drug-likeness (QED) is 0.599. The molecule has 1 heterocycles. The molecular formula is C18H12Cl2N2OS. The molecule has 0 aliphatic heterocycles. The van der Waals surface area contributed by atoms with Gasteiger partial charge in [0.1, 0.15) is 0 Å². The highest BCUT2D eigenvalue weighted by atomic mass is 35.5. The predicted octanol–water partition coefficient (Wildman–Crippen LogP) is 4.69. The van der Waals surface area contributed by atoms with Crippen LogP contribution in [-0.4, -0.2) is 10.5 Å². The van der Waals surface area contributed by atoms with E-state index in [0.717, 1.165) is 10.3 Å². The molecule has 0 radical (unpaired) electrons. The average Bonchev–Trinajstić information content (AvgIpc) is 2.90. The first kappa shape index (κ1) is 16.8. The van der Waals surface area contributed by atoms with Gasteiger partial charge in [0.2, 0.25) is 0 Å². The van der Waals surface area contributed by atoms with Gasteiger partial charge in [0.05, 0.1) is 26.8 Å². The zero-order valence-electron chi connectivity index (χ0n) is 12.7. The van der Waals surface area contributed by atoms with Crippen LogP contribution in [0.15, 0.2) is 41.4 Å². The minimum atomic E-state index is -0.321. The molecular weight excluding hydrogens is 363 g/mol. The summed E-state index contributed by atoms with van der Waals surface area (Å²) < 4.78 is 2.61. The molecule has 0 unspecified atom stereocenters. The lowest BCUT2D eigenvalue weighted by molar-refractivity contribution is 0.0998. The van der Waals surface area contributed by atoms with Crippen LogP contribution in [0.4, 0.5) is 0 Å². The number of amides is 1. The number of benzene rings is 2. The van der Waals surface area contributed by atoms with E-state index in [9.17, 15) is 4.79 Å². The number of nitrogens with zero attached hydrogens (tertiary/aromatic N) is 2. The second-order valence-corrected chi connectivity index (χ2v) is 6.96. The summed E-state index contributed by atoms with van der Waals surface area (Å²) in [6, 6.07) is 10.9. The van der Waals surface area contributed by atoms with Crippen molar-refractivity contribution in [3.8, 4) is 12.3 Å². The molecule has 0 saturated heterocycles. The fourth-order valence-electron chi connectivity index (χ4n) is 2.36. The number of aromatic nitrogens is 1. The van der Waals surface area contributed by atoms with Crippen molar-refractivity contribution < 1.29 is 4.79 Å². The first-order valence-corrected chi connectivity index (χ1v) is 8.65. The van der Waals surface area contributed by atoms with E-state index < -0.39 is 0 Å². The second-order valence-electron chi connectivity index (χ2n) is 5.17. The predicted molar refractivity (Wildman–Crippen MR) is 99.7 cm³/mol. The van der Waals surface area contributed by atoms with Gasteiger partial charge in [0.25, 0.3) is 5.91 Å². The van der Waals surface area contributed by atoms with Crippen LogP contribution in [0.5, 0.6) is 0 Å². The van der Waals surface area contributed by atoms with Gasteiger partial charge in [-0.3, -0.25) is 4.79 Å². The fourth-order valence-corrected chi connectivity index (χ4v) is 3.87. The molecule has 0 spiro atoms. The first-order valence-electron chi connectivity index (χ1n) is 7.08. The average molecular weight is 375 g/mol. The summed E-state index contributed by atoms with van der Waals surface area (Å²) in [6.45, 7) is 2.18. The summed E-state index contributed by atoms with van der Waals surface area (Å²) in [5, 5.41) is 0.842. The van der Waals surface area contributed by atoms with Gasteiger partial charge in [0.15, 0.2) is 4.80 Å². The topological polar surface area (TPSA) is 34.4 Å². The smallest absolute Gasteiger partial charge is 0.279 e. The molecule has 3 nitrogen and oxygen atoms in total. The molecule has 6 heteroatoms. The number of thiazole rings is 1. The van der Waals surface area contributed by atoms with Crippen molar-refractivity contribution in [3.63, 3.8) is 0 Å². The van der Waals surface area contributed by atoms with Crippen molar-refractivity contribution in [1.29, 1.82) is 0 Å². The van der Waals surface area contributed by atoms with Crippen molar-refractivity contribution in [2.75, 3.05) is 0 Å². The van der Waals surface area contributed by atoms with Gasteiger partial charge in [-0.15, -0.1) is 6.42 Å². The Bertz CT molecular complexity index is 1060. The number of rotatable bonds is 2. The SMILES string of the molecule is C#CCn1c(=NC(=O)c2cccc(C)c2)sc2ccc(Cl)c(Cl)c21. The van der Waals surface area contributed by atoms with Crippen LogP contribution >= 0.6 is 34.5 Å². The highest BCUT2D eigenvalue weighted by Gasteiger charge is 2.13. The first-order chi connectivity index (χ1) is 11.5. The number of fused-ring (bicyclic) bond motifs is 1. The fraction of sp³-hybridized carbons (Fsp3) is 0.111. The number of carbonyl (C=O) groups excluding carboxylic acids is 1. The molecule has 0 aliphatic carbocycles. The van der Waals surface area contributed by atoms with Gasteiger partial charge in [0, 0.05) is 5.56 Å². The molecule has 0 aliphatic rings. The Balaban J connectivity index is 2.22. The van der Waals surface area contributed by atoms with Gasteiger partial charge in [-0.2, -0.15) is 4.99 Å². The van der Waals surface area contributed by atoms with Crippen LogP contribution in [0.3, 0.4) is 0 Å². The Morgan fingerprint density at radius 3 is 2.83 bits per heavy atom. The van der Waals surface area contributed by atoms with Crippen LogP contribution < -0.4 is 4.80 Å². The van der Waals surface area contributed by atoms with Gasteiger partial charge in [-0.1, -0.05) is 58.2 Å². The number of aryl methyl sites for hydroxylation is 1. The lowest BCUT2D eigenvalue weighted by atomic mass is 10.1. The Hall–Kier alpha value is -2.06. The molecule has 0 saturated carbocycles. The van der Waals surface area contributed by atoms with Gasteiger partial charge >= 0.3 is 0 Å². The monoisotopic (exact) mass is 374 g/mol. The largest absolute Gasteiger partial charge is 0.303 e. The highest BCUT2D eigenvalue weighted by Crippen LogP contribution is 2.32. The summed E-state index contributed by atoms with van der Waals surface area (Å²) in [5.41, 5.74) is 2.23. The number of carbonyl (C=O) groups is 1. The number of halogens is 2. The number of terminal acetylenes is 1. The van der Waals surface area contributed by atoms with Crippen molar-refractivity contribution >= 4 is 50.7 Å². The third-order valence-electron chi connectivity index (χ3n) is 3.45. The van der Waals surface area contributed by atoms with Gasteiger partial charge in [-0.05, 0) is 31.2 Å². The van der Waals surface area contributed by atoms with Crippen molar-refractivity contribution in [3.05, 3.63) is 62.4 Å². The number of hydrogen-bond donors (Lipinski definition) is 0. The van der Waals surface area contributed by atoms with Crippen molar-refractivity contribution in [1.82, 2.24) is 4.57 Å². The second kappa shape index (κ2) is 6.82. The van der Waals surface area contributed by atoms with E-state index >= 15 is 0 Å². The van der Waals surface area contributed by atoms with E-state index in [0.29, 0.717) is 25.9 Å². The molecule has 2 aromatic carbocycles. The van der Waals surface area contributed by atoms with Crippen molar-refractivity contribution in [2.24, 2.45) is 4.99 Å². The maximum absolute atomic E-state index is 12.5. The maximum Gasteiger partial charge on any atom is 0.279 e. The summed E-state index contributed by atoms with van der Waals surface area (Å²) in [4.78, 5) is 17.2. The zero-order valence-corrected chi connectivity index (χ0v) is 15.0. The van der Waals surface area contributed by atoms with Crippen LogP contribution in [-0.2, 0) is 6.54 Å². The highest BCUT2D eigenvalue weighted by molar-refractivity contribution is 7.16. The Labute approximate surface area is 153 Å². The number of hydrogen-bond acceptors (Lipinski definition) is 2. The van der Waals surface area contributed by atoms with Crippen LogP contribution in [0.25, 0.3) is 10.2 Å². The van der Waals surface area contributed by atoms with Crippen LogP contribution in [0, 0.1) is 19.3 Å². The minimum absolute atomic E-state index is 0.250. The summed E-state index contributed by atoms with van der Waals surface area (Å²) >= 11 is 13.8. The minimum Gasteiger partial charge on any atom is -0.303 e. The van der Waals surface area contributed by atoms with E-state index in [1.807, 2.05) is 25.1 Å². The Morgan fingerprint density at radius 1 is 1.33 bits per heavy atom. The van der Waals surface area contributed by atoms with E-state index in [4.69, 9.17) is 29.6 Å². The molecule has 0 N–H and O–H groups in total.